The zero-order valence-electron chi connectivity index (χ0n) is 10.5. The third-order valence-electron chi connectivity index (χ3n) is 2.58. The summed E-state index contributed by atoms with van der Waals surface area (Å²) in [7, 11) is 0. The molecule has 0 saturated heterocycles. The Labute approximate surface area is 137 Å². The van der Waals surface area contributed by atoms with Gasteiger partial charge in [0.15, 0.2) is 5.84 Å². The SMILES string of the molecule is NC(=NO)c1ccc(C(=O)Nc2ccc(Br)cc2Br)nc1. The second-order valence-electron chi connectivity index (χ2n) is 4.00. The summed E-state index contributed by atoms with van der Waals surface area (Å²) in [6.45, 7) is 0. The minimum Gasteiger partial charge on any atom is -0.409 e. The summed E-state index contributed by atoms with van der Waals surface area (Å²) in [5, 5.41) is 14.2. The highest BCUT2D eigenvalue weighted by atomic mass is 79.9. The van der Waals surface area contributed by atoms with Crippen LogP contribution in [0.1, 0.15) is 16.1 Å². The lowest BCUT2D eigenvalue weighted by atomic mass is 10.2. The second kappa shape index (κ2) is 6.68. The Morgan fingerprint density at radius 2 is 2.05 bits per heavy atom. The number of nitrogens with zero attached hydrogens (tertiary/aromatic N) is 2. The van der Waals surface area contributed by atoms with E-state index in [-0.39, 0.29) is 17.4 Å². The zero-order chi connectivity index (χ0) is 15.4. The summed E-state index contributed by atoms with van der Waals surface area (Å²) < 4.78 is 1.65. The topological polar surface area (TPSA) is 101 Å². The molecular formula is C13H10Br2N4O2. The van der Waals surface area contributed by atoms with Crippen molar-refractivity contribution in [3.8, 4) is 0 Å². The lowest BCUT2D eigenvalue weighted by Gasteiger charge is -2.07. The van der Waals surface area contributed by atoms with Gasteiger partial charge in [-0.2, -0.15) is 0 Å². The molecule has 6 nitrogen and oxygen atoms in total. The molecule has 1 amide bonds. The highest BCUT2D eigenvalue weighted by Crippen LogP contribution is 2.26. The van der Waals surface area contributed by atoms with Gasteiger partial charge < -0.3 is 16.3 Å². The molecule has 108 valence electrons. The number of amides is 1. The largest absolute Gasteiger partial charge is 0.409 e. The van der Waals surface area contributed by atoms with Crippen LogP contribution in [0, 0.1) is 0 Å². The van der Waals surface area contributed by atoms with Crippen LogP contribution in [0.25, 0.3) is 0 Å². The highest BCUT2D eigenvalue weighted by Gasteiger charge is 2.10. The standard InChI is InChI=1S/C13H10Br2N4O2/c14-8-2-4-10(9(15)5-8)18-13(20)11-3-1-7(6-17-11)12(16)19-21/h1-6,21H,(H2,16,19)(H,18,20). The van der Waals surface area contributed by atoms with Crippen molar-refractivity contribution in [3.63, 3.8) is 0 Å². The first-order chi connectivity index (χ1) is 10.0. The summed E-state index contributed by atoms with van der Waals surface area (Å²) in [5.41, 5.74) is 6.71. The molecule has 0 fully saturated rings. The van der Waals surface area contributed by atoms with Crippen LogP contribution in [0.15, 0.2) is 50.6 Å². The van der Waals surface area contributed by atoms with Crippen molar-refractivity contribution in [1.29, 1.82) is 0 Å². The number of oxime groups is 1. The number of hydrogen-bond donors (Lipinski definition) is 3. The number of rotatable bonds is 3. The molecular weight excluding hydrogens is 404 g/mol. The number of hydrogen-bond acceptors (Lipinski definition) is 4. The minimum absolute atomic E-state index is 0.0647. The van der Waals surface area contributed by atoms with Gasteiger partial charge in [-0.1, -0.05) is 21.1 Å². The normalized spacial score (nSPS) is 11.2. The van der Waals surface area contributed by atoms with Crippen molar-refractivity contribution >= 4 is 49.3 Å². The van der Waals surface area contributed by atoms with Crippen molar-refractivity contribution in [1.82, 2.24) is 4.98 Å². The molecule has 0 aliphatic heterocycles. The predicted octanol–water partition coefficient (Wildman–Crippen LogP) is 2.95. The number of benzene rings is 1. The lowest BCUT2D eigenvalue weighted by molar-refractivity contribution is 0.102. The van der Waals surface area contributed by atoms with Crippen LogP contribution in [-0.4, -0.2) is 21.9 Å². The average Bonchev–Trinajstić information content (AvgIpc) is 2.49. The molecule has 0 radical (unpaired) electrons. The third kappa shape index (κ3) is 3.79. The first kappa shape index (κ1) is 15.5. The molecule has 0 bridgehead atoms. The van der Waals surface area contributed by atoms with E-state index in [1.54, 1.807) is 12.1 Å². The molecule has 0 saturated carbocycles. The molecule has 0 spiro atoms. The Balaban J connectivity index is 2.17. The third-order valence-corrected chi connectivity index (χ3v) is 3.73. The van der Waals surface area contributed by atoms with Crippen LogP contribution in [0.4, 0.5) is 5.69 Å². The van der Waals surface area contributed by atoms with Gasteiger partial charge in [0.05, 0.1) is 5.69 Å². The fourth-order valence-corrected chi connectivity index (χ4v) is 2.66. The number of nitrogens with two attached hydrogens (primary N) is 1. The van der Waals surface area contributed by atoms with Crippen LogP contribution < -0.4 is 11.1 Å². The van der Waals surface area contributed by atoms with E-state index in [0.717, 1.165) is 8.95 Å². The summed E-state index contributed by atoms with van der Waals surface area (Å²) in [6, 6.07) is 8.44. The smallest absolute Gasteiger partial charge is 0.274 e. The van der Waals surface area contributed by atoms with Gasteiger partial charge in [0.25, 0.3) is 5.91 Å². The molecule has 8 heteroatoms. The monoisotopic (exact) mass is 412 g/mol. The van der Waals surface area contributed by atoms with Gasteiger partial charge in [-0.3, -0.25) is 9.78 Å². The number of halogens is 2. The van der Waals surface area contributed by atoms with Crippen LogP contribution in [0.3, 0.4) is 0 Å². The van der Waals surface area contributed by atoms with E-state index in [9.17, 15) is 4.79 Å². The lowest BCUT2D eigenvalue weighted by Crippen LogP contribution is -2.16. The number of carbonyl (C=O) groups excluding carboxylic acids is 1. The van der Waals surface area contributed by atoms with E-state index in [1.807, 2.05) is 12.1 Å². The Morgan fingerprint density at radius 1 is 1.29 bits per heavy atom. The van der Waals surface area contributed by atoms with E-state index >= 15 is 0 Å². The Hall–Kier alpha value is -1.93. The van der Waals surface area contributed by atoms with E-state index < -0.39 is 0 Å². The fourth-order valence-electron chi connectivity index (χ4n) is 1.51. The van der Waals surface area contributed by atoms with Gasteiger partial charge in [-0.25, -0.2) is 0 Å². The molecule has 0 aliphatic rings. The molecule has 1 heterocycles. The first-order valence-corrected chi connectivity index (χ1v) is 7.30. The molecule has 0 unspecified atom stereocenters. The predicted molar refractivity (Wildman–Crippen MR) is 86.5 cm³/mol. The fraction of sp³-hybridized carbons (Fsp3) is 0. The Bertz CT molecular complexity index is 702. The molecule has 21 heavy (non-hydrogen) atoms. The summed E-state index contributed by atoms with van der Waals surface area (Å²) in [4.78, 5) is 16.1. The molecule has 2 rings (SSSR count). The van der Waals surface area contributed by atoms with Gasteiger partial charge in [0.1, 0.15) is 5.69 Å². The maximum absolute atomic E-state index is 12.1. The quantitative estimate of drug-likeness (QED) is 0.311. The minimum atomic E-state index is -0.357. The number of amidine groups is 1. The number of anilines is 1. The van der Waals surface area contributed by atoms with Gasteiger partial charge in [0, 0.05) is 20.7 Å². The Kier molecular flexibility index (Phi) is 4.92. The second-order valence-corrected chi connectivity index (χ2v) is 5.77. The van der Waals surface area contributed by atoms with Crippen molar-refractivity contribution in [3.05, 3.63) is 56.7 Å². The summed E-state index contributed by atoms with van der Waals surface area (Å²) in [6.07, 6.45) is 1.36. The molecule has 0 aliphatic carbocycles. The maximum Gasteiger partial charge on any atom is 0.274 e. The van der Waals surface area contributed by atoms with E-state index in [2.05, 4.69) is 47.3 Å². The molecule has 0 atom stereocenters. The van der Waals surface area contributed by atoms with E-state index in [0.29, 0.717) is 11.3 Å². The maximum atomic E-state index is 12.1. The van der Waals surface area contributed by atoms with Crippen LogP contribution in [0.5, 0.6) is 0 Å². The van der Waals surface area contributed by atoms with Gasteiger partial charge in [-0.05, 0) is 46.3 Å². The average molecular weight is 414 g/mol. The van der Waals surface area contributed by atoms with Crippen molar-refractivity contribution in [2.45, 2.75) is 0 Å². The zero-order valence-corrected chi connectivity index (χ0v) is 13.7. The summed E-state index contributed by atoms with van der Waals surface area (Å²) in [5.74, 6) is -0.422. The van der Waals surface area contributed by atoms with Gasteiger partial charge in [0.2, 0.25) is 0 Å². The highest BCUT2D eigenvalue weighted by molar-refractivity contribution is 9.11. The molecule has 1 aromatic heterocycles. The van der Waals surface area contributed by atoms with Gasteiger partial charge >= 0.3 is 0 Å². The number of nitrogens with one attached hydrogen (secondary N) is 1. The summed E-state index contributed by atoms with van der Waals surface area (Å²) >= 11 is 6.70. The van der Waals surface area contributed by atoms with Crippen LogP contribution >= 0.6 is 31.9 Å². The number of carbonyl (C=O) groups is 1. The van der Waals surface area contributed by atoms with Crippen molar-refractivity contribution < 1.29 is 10.0 Å². The number of pyridine rings is 1. The van der Waals surface area contributed by atoms with Crippen LogP contribution in [-0.2, 0) is 0 Å². The molecule has 1 aromatic carbocycles. The van der Waals surface area contributed by atoms with E-state index in [4.69, 9.17) is 10.9 Å². The first-order valence-electron chi connectivity index (χ1n) is 5.71. The van der Waals surface area contributed by atoms with Gasteiger partial charge in [-0.15, -0.1) is 0 Å². The molecule has 4 N–H and O–H groups in total. The number of aromatic nitrogens is 1. The Morgan fingerprint density at radius 3 is 2.62 bits per heavy atom. The van der Waals surface area contributed by atoms with Crippen molar-refractivity contribution in [2.24, 2.45) is 10.9 Å². The van der Waals surface area contributed by atoms with Crippen LogP contribution in [0.2, 0.25) is 0 Å². The van der Waals surface area contributed by atoms with Crippen molar-refractivity contribution in [2.75, 3.05) is 5.32 Å². The van der Waals surface area contributed by atoms with E-state index in [1.165, 1.54) is 12.3 Å². The molecule has 2 aromatic rings.